The number of hydrogen-bond donors (Lipinski definition) is 1. The van der Waals surface area contributed by atoms with Gasteiger partial charge >= 0.3 is 0 Å². The van der Waals surface area contributed by atoms with Crippen LogP contribution in [-0.4, -0.2) is 20.7 Å². The minimum atomic E-state index is -0.464. The van der Waals surface area contributed by atoms with E-state index in [1.807, 2.05) is 6.07 Å². The molecule has 2 N–H and O–H groups in total. The molecule has 1 amide bonds. The van der Waals surface area contributed by atoms with Crippen LogP contribution in [0.25, 0.3) is 5.69 Å². The summed E-state index contributed by atoms with van der Waals surface area (Å²) in [6.07, 6.45) is 3.03. The highest BCUT2D eigenvalue weighted by Gasteiger charge is 2.07. The van der Waals surface area contributed by atoms with Crippen LogP contribution in [0.4, 0.5) is 0 Å². The van der Waals surface area contributed by atoms with Crippen LogP contribution in [0.1, 0.15) is 10.4 Å². The maximum absolute atomic E-state index is 11.1. The molecule has 0 radical (unpaired) electrons. The second kappa shape index (κ2) is 3.29. The number of hydrogen-bond acceptors (Lipinski definition) is 3. The predicted octanol–water partition coefficient (Wildman–Crippen LogP) is 0.366. The van der Waals surface area contributed by atoms with Gasteiger partial charge < -0.3 is 5.73 Å². The summed E-state index contributed by atoms with van der Waals surface area (Å²) < 4.78 is 1.64. The van der Waals surface area contributed by atoms with Crippen molar-refractivity contribution in [2.24, 2.45) is 5.73 Å². The first kappa shape index (κ1) is 8.43. The summed E-state index contributed by atoms with van der Waals surface area (Å²) in [5.74, 6) is -0.464. The van der Waals surface area contributed by atoms with Crippen LogP contribution >= 0.6 is 0 Å². The van der Waals surface area contributed by atoms with Crippen LogP contribution in [0.15, 0.2) is 36.9 Å². The van der Waals surface area contributed by atoms with E-state index in [0.717, 1.165) is 0 Å². The van der Waals surface area contributed by atoms with Crippen molar-refractivity contribution in [3.63, 3.8) is 0 Å². The number of benzene rings is 1. The Kier molecular flexibility index (Phi) is 1.98. The molecular weight excluding hydrogens is 180 g/mol. The monoisotopic (exact) mass is 188 g/mol. The molecule has 0 atom stereocenters. The number of aromatic nitrogens is 3. The normalized spacial score (nSPS) is 10.0. The van der Waals surface area contributed by atoms with Crippen molar-refractivity contribution >= 4 is 5.91 Å². The van der Waals surface area contributed by atoms with Gasteiger partial charge in [-0.3, -0.25) is 9.36 Å². The molecular formula is C9H8N4O. The van der Waals surface area contributed by atoms with Gasteiger partial charge in [0, 0.05) is 0 Å². The minimum Gasteiger partial charge on any atom is -0.366 e. The van der Waals surface area contributed by atoms with Crippen LogP contribution in [0.3, 0.4) is 0 Å². The molecule has 0 unspecified atom stereocenters. The maximum Gasteiger partial charge on any atom is 0.250 e. The van der Waals surface area contributed by atoms with Crippen molar-refractivity contribution in [3.05, 3.63) is 42.5 Å². The number of rotatable bonds is 2. The third-order valence-corrected chi connectivity index (χ3v) is 1.87. The lowest BCUT2D eigenvalue weighted by atomic mass is 10.1. The van der Waals surface area contributed by atoms with Crippen molar-refractivity contribution in [2.45, 2.75) is 0 Å². The van der Waals surface area contributed by atoms with Crippen molar-refractivity contribution in [3.8, 4) is 5.69 Å². The highest BCUT2D eigenvalue weighted by molar-refractivity contribution is 5.96. The Morgan fingerprint density at radius 2 is 1.86 bits per heavy atom. The van der Waals surface area contributed by atoms with Gasteiger partial charge in [0.2, 0.25) is 0 Å². The summed E-state index contributed by atoms with van der Waals surface area (Å²) in [6, 6.07) is 7.02. The van der Waals surface area contributed by atoms with E-state index in [1.165, 1.54) is 12.7 Å². The number of primary amides is 1. The lowest BCUT2D eigenvalue weighted by molar-refractivity contribution is 0.100. The Bertz CT molecular complexity index is 450. The molecule has 0 saturated carbocycles. The Morgan fingerprint density at radius 1 is 1.21 bits per heavy atom. The molecule has 1 aromatic carbocycles. The van der Waals surface area contributed by atoms with Gasteiger partial charge in [-0.2, -0.15) is 0 Å². The van der Waals surface area contributed by atoms with Crippen molar-refractivity contribution in [2.75, 3.05) is 0 Å². The summed E-state index contributed by atoms with van der Waals surface area (Å²) in [5.41, 5.74) is 6.36. The zero-order chi connectivity index (χ0) is 9.97. The van der Waals surface area contributed by atoms with E-state index in [4.69, 9.17) is 5.73 Å². The zero-order valence-electron chi connectivity index (χ0n) is 7.29. The average Bonchev–Trinajstić information content (AvgIpc) is 2.70. The Hall–Kier alpha value is -2.17. The highest BCUT2D eigenvalue weighted by atomic mass is 16.1. The van der Waals surface area contributed by atoms with E-state index in [2.05, 4.69) is 10.2 Å². The van der Waals surface area contributed by atoms with Crippen LogP contribution < -0.4 is 5.73 Å². The molecule has 0 fully saturated rings. The van der Waals surface area contributed by atoms with E-state index in [1.54, 1.807) is 22.8 Å². The fraction of sp³-hybridized carbons (Fsp3) is 0. The molecule has 1 aromatic heterocycles. The van der Waals surface area contributed by atoms with Gasteiger partial charge in [0.15, 0.2) is 0 Å². The summed E-state index contributed by atoms with van der Waals surface area (Å²) in [5, 5.41) is 7.32. The van der Waals surface area contributed by atoms with Gasteiger partial charge in [0.25, 0.3) is 5.91 Å². The van der Waals surface area contributed by atoms with Gasteiger partial charge in [-0.1, -0.05) is 12.1 Å². The smallest absolute Gasteiger partial charge is 0.250 e. The molecule has 0 bridgehead atoms. The quantitative estimate of drug-likeness (QED) is 0.739. The van der Waals surface area contributed by atoms with Crippen molar-refractivity contribution in [1.82, 2.24) is 14.8 Å². The molecule has 0 aliphatic carbocycles. The molecule has 5 nitrogen and oxygen atoms in total. The average molecular weight is 188 g/mol. The zero-order valence-corrected chi connectivity index (χ0v) is 7.29. The Labute approximate surface area is 80.2 Å². The van der Waals surface area contributed by atoms with Crippen molar-refractivity contribution < 1.29 is 4.79 Å². The second-order valence-corrected chi connectivity index (χ2v) is 2.75. The lowest BCUT2D eigenvalue weighted by Crippen LogP contribution is -2.14. The largest absolute Gasteiger partial charge is 0.366 e. The number of nitrogens with two attached hydrogens (primary N) is 1. The van der Waals surface area contributed by atoms with E-state index in [0.29, 0.717) is 11.3 Å². The molecule has 1 heterocycles. The summed E-state index contributed by atoms with van der Waals surface area (Å²) in [4.78, 5) is 11.1. The van der Waals surface area contributed by atoms with Crippen LogP contribution in [-0.2, 0) is 0 Å². The first-order valence-corrected chi connectivity index (χ1v) is 4.03. The highest BCUT2D eigenvalue weighted by Crippen LogP contribution is 2.12. The van der Waals surface area contributed by atoms with Crippen LogP contribution in [0.2, 0.25) is 0 Å². The fourth-order valence-electron chi connectivity index (χ4n) is 1.23. The molecule has 0 spiro atoms. The molecule has 0 aliphatic heterocycles. The first-order chi connectivity index (χ1) is 6.79. The van der Waals surface area contributed by atoms with Gasteiger partial charge in [-0.05, 0) is 12.1 Å². The standard InChI is InChI=1S/C9H8N4O/c10-9(14)7-3-1-2-4-8(7)13-5-11-12-6-13/h1-6H,(H2,10,14). The third-order valence-electron chi connectivity index (χ3n) is 1.87. The number of amides is 1. The molecule has 5 heteroatoms. The molecule has 2 rings (SSSR count). The van der Waals surface area contributed by atoms with Gasteiger partial charge in [0.1, 0.15) is 12.7 Å². The number of carbonyl (C=O) groups is 1. The number of carbonyl (C=O) groups excluding carboxylic acids is 1. The van der Waals surface area contributed by atoms with E-state index in [-0.39, 0.29) is 0 Å². The van der Waals surface area contributed by atoms with Crippen LogP contribution in [0, 0.1) is 0 Å². The minimum absolute atomic E-state index is 0.451. The maximum atomic E-state index is 11.1. The SMILES string of the molecule is NC(=O)c1ccccc1-n1cnnc1. The molecule has 2 aromatic rings. The third kappa shape index (κ3) is 1.35. The summed E-state index contributed by atoms with van der Waals surface area (Å²) in [6.45, 7) is 0. The van der Waals surface area contributed by atoms with Gasteiger partial charge in [-0.15, -0.1) is 10.2 Å². The topological polar surface area (TPSA) is 73.8 Å². The van der Waals surface area contributed by atoms with Gasteiger partial charge in [0.05, 0.1) is 11.3 Å². The second-order valence-electron chi connectivity index (χ2n) is 2.75. The number of nitrogens with zero attached hydrogens (tertiary/aromatic N) is 3. The number of para-hydroxylation sites is 1. The molecule has 70 valence electrons. The Balaban J connectivity index is 2.58. The Morgan fingerprint density at radius 3 is 2.50 bits per heavy atom. The van der Waals surface area contributed by atoms with E-state index < -0.39 is 5.91 Å². The first-order valence-electron chi connectivity index (χ1n) is 4.03. The fourth-order valence-corrected chi connectivity index (χ4v) is 1.23. The molecule has 0 saturated heterocycles. The van der Waals surface area contributed by atoms with E-state index in [9.17, 15) is 4.79 Å². The van der Waals surface area contributed by atoms with E-state index >= 15 is 0 Å². The summed E-state index contributed by atoms with van der Waals surface area (Å²) >= 11 is 0. The predicted molar refractivity (Wildman–Crippen MR) is 49.9 cm³/mol. The van der Waals surface area contributed by atoms with Gasteiger partial charge in [-0.25, -0.2) is 0 Å². The molecule has 0 aliphatic rings. The lowest BCUT2D eigenvalue weighted by Gasteiger charge is -2.05. The van der Waals surface area contributed by atoms with Crippen molar-refractivity contribution in [1.29, 1.82) is 0 Å². The molecule has 14 heavy (non-hydrogen) atoms. The van der Waals surface area contributed by atoms with Crippen LogP contribution in [0.5, 0.6) is 0 Å². The summed E-state index contributed by atoms with van der Waals surface area (Å²) in [7, 11) is 0.